The number of hydrogen-bond donors (Lipinski definition) is 4. The Labute approximate surface area is 437 Å². The van der Waals surface area contributed by atoms with Crippen molar-refractivity contribution in [1.82, 2.24) is 20.2 Å². The predicted molar refractivity (Wildman–Crippen MR) is 298 cm³/mol. The van der Waals surface area contributed by atoms with Crippen molar-refractivity contribution in [2.75, 3.05) is 18.6 Å². The van der Waals surface area contributed by atoms with Gasteiger partial charge in [0.25, 0.3) is 5.56 Å². The molecule has 0 spiro atoms. The molecule has 13 heteroatoms. The Morgan fingerprint density at radius 3 is 1.50 bits per heavy atom. The number of aromatic nitrogens is 2. The monoisotopic (exact) mass is 1010 g/mol. The van der Waals surface area contributed by atoms with Gasteiger partial charge in [0.05, 0.1) is 35.6 Å². The van der Waals surface area contributed by atoms with Crippen molar-refractivity contribution < 1.29 is 28.6 Å². The lowest BCUT2D eigenvalue weighted by molar-refractivity contribution is 0.0477. The minimum Gasteiger partial charge on any atom is -0.444 e. The number of aliphatic hydroxyl groups is 1. The Morgan fingerprint density at radius 1 is 0.635 bits per heavy atom. The molecule has 394 valence electrons. The predicted octanol–water partition coefficient (Wildman–Crippen LogP) is 13.6. The Hall–Kier alpha value is -7.35. The van der Waals surface area contributed by atoms with E-state index in [-0.39, 0.29) is 42.2 Å². The van der Waals surface area contributed by atoms with Crippen LogP contribution >= 0.6 is 0 Å². The van der Waals surface area contributed by atoms with Crippen LogP contribution in [-0.4, -0.2) is 51.7 Å². The second-order valence-corrected chi connectivity index (χ2v) is 19.6. The minimum atomic E-state index is -0.541. The van der Waals surface area contributed by atoms with Gasteiger partial charge in [-0.3, -0.25) is 9.36 Å². The number of aliphatic hydroxyl groups excluding tert-OH is 1. The van der Waals surface area contributed by atoms with E-state index in [0.717, 1.165) is 47.3 Å². The smallest absolute Gasteiger partial charge is 0.408 e. The molecule has 0 aliphatic carbocycles. The molecule has 74 heavy (non-hydrogen) atoms. The van der Waals surface area contributed by atoms with Gasteiger partial charge in [-0.25, -0.2) is 19.0 Å². The number of halogens is 1. The van der Waals surface area contributed by atoms with Crippen molar-refractivity contribution in [3.05, 3.63) is 208 Å². The molecule has 0 saturated carbocycles. The second kappa shape index (κ2) is 28.8. The molecule has 12 nitrogen and oxygen atoms in total. The van der Waals surface area contributed by atoms with Gasteiger partial charge in [0, 0.05) is 24.5 Å². The lowest BCUT2D eigenvalue weighted by atomic mass is 10.0. The largest absolute Gasteiger partial charge is 0.444 e. The second-order valence-electron chi connectivity index (χ2n) is 19.6. The molecule has 1 aromatic heterocycles. The Balaban J connectivity index is 0.000000231. The summed E-state index contributed by atoms with van der Waals surface area (Å²) in [6, 6.07) is 51.0. The van der Waals surface area contributed by atoms with Gasteiger partial charge in [0.1, 0.15) is 22.8 Å². The number of aryl methyl sites for hydroxylation is 1. The summed E-state index contributed by atoms with van der Waals surface area (Å²) in [5.74, 6) is 0.419. The third-order valence-electron chi connectivity index (χ3n) is 11.6. The van der Waals surface area contributed by atoms with Gasteiger partial charge in [-0.2, -0.15) is 0 Å². The third kappa shape index (κ3) is 18.9. The highest BCUT2D eigenvalue weighted by Gasteiger charge is 2.22. The minimum absolute atomic E-state index is 0.00560. The van der Waals surface area contributed by atoms with Gasteiger partial charge in [0.2, 0.25) is 0 Å². The fourth-order valence-corrected chi connectivity index (χ4v) is 7.79. The van der Waals surface area contributed by atoms with E-state index < -0.39 is 23.3 Å². The number of fused-ring (bicyclic) bond motifs is 1. The summed E-state index contributed by atoms with van der Waals surface area (Å²) in [5, 5.41) is 15.3. The average molecular weight is 1010 g/mol. The number of nitrogens with one attached hydrogen (secondary N) is 2. The zero-order valence-corrected chi connectivity index (χ0v) is 45.0. The first-order chi connectivity index (χ1) is 35.2. The number of hydrogen-bond acceptors (Lipinski definition) is 9. The van der Waals surface area contributed by atoms with Crippen LogP contribution in [-0.2, 0) is 9.47 Å². The molecule has 0 bridgehead atoms. The van der Waals surface area contributed by atoms with Crippen LogP contribution in [0, 0.1) is 12.7 Å². The molecule has 0 aliphatic rings. The Kier molecular flexibility index (Phi) is 23.0. The number of carbonyl (C=O) groups excluding carboxylic acids is 2. The maximum absolute atomic E-state index is 13.5. The number of alkyl carbamates (subject to hydrolysis) is 2. The van der Waals surface area contributed by atoms with E-state index in [4.69, 9.17) is 20.2 Å². The first-order valence-corrected chi connectivity index (χ1v) is 25.3. The van der Waals surface area contributed by atoms with Gasteiger partial charge in [0.15, 0.2) is 0 Å². The number of amides is 2. The summed E-state index contributed by atoms with van der Waals surface area (Å²) in [5.41, 5.74) is 11.4. The van der Waals surface area contributed by atoms with Crippen LogP contribution in [0.3, 0.4) is 0 Å². The van der Waals surface area contributed by atoms with Crippen LogP contribution in [0.5, 0.6) is 0 Å². The summed E-state index contributed by atoms with van der Waals surface area (Å²) >= 11 is 0. The average Bonchev–Trinajstić information content (AvgIpc) is 3.38. The maximum Gasteiger partial charge on any atom is 0.408 e. The topological polar surface area (TPSA) is 161 Å². The van der Waals surface area contributed by atoms with E-state index in [1.54, 1.807) is 37.5 Å². The van der Waals surface area contributed by atoms with Gasteiger partial charge in [-0.05, 0) is 132 Å². The van der Waals surface area contributed by atoms with Crippen LogP contribution in [0.4, 0.5) is 25.4 Å². The molecule has 0 radical (unpaired) electrons. The first-order valence-electron chi connectivity index (χ1n) is 25.3. The number of benzene rings is 6. The number of anilines is 2. The molecule has 7 rings (SSSR count). The molecular weight excluding hydrogens is 932 g/mol. The van der Waals surface area contributed by atoms with Gasteiger partial charge in [-0.1, -0.05) is 142 Å². The highest BCUT2D eigenvalue weighted by atomic mass is 19.1. The molecule has 1 heterocycles. The van der Waals surface area contributed by atoms with Crippen LogP contribution in [0.15, 0.2) is 169 Å². The summed E-state index contributed by atoms with van der Waals surface area (Å²) < 4.78 is 25.4. The number of carbonyl (C=O) groups is 2. The van der Waals surface area contributed by atoms with Gasteiger partial charge in [-0.15, -0.1) is 0 Å². The summed E-state index contributed by atoms with van der Waals surface area (Å²) in [4.78, 5) is 43.4. The third-order valence-corrected chi connectivity index (χ3v) is 11.6. The van der Waals surface area contributed by atoms with E-state index in [0.29, 0.717) is 16.7 Å². The molecule has 0 saturated heterocycles. The highest BCUT2D eigenvalue weighted by molar-refractivity contribution is 5.83. The Morgan fingerprint density at radius 2 is 1.07 bits per heavy atom. The van der Waals surface area contributed by atoms with Crippen molar-refractivity contribution in [2.45, 2.75) is 124 Å². The Bertz CT molecular complexity index is 2750. The summed E-state index contributed by atoms with van der Waals surface area (Å²) in [6.07, 6.45) is 1.73. The van der Waals surface area contributed by atoms with Crippen LogP contribution in [0.25, 0.3) is 10.9 Å². The SMILES string of the molecule is CC(C)(C)OC(=O)N[C@H](CO)c1ccccc1.CC[C@@H](N)c1ccccc1.CC[C@@H](NC(=O)OC(C)(C)C)c1ccccc1.CC[C@H](c1ccccc1)n1c(C)nc2ccc(N(C)c3ccc(F)cc3)cc2c1=O. The lowest BCUT2D eigenvalue weighted by Crippen LogP contribution is -2.36. The van der Waals surface area contributed by atoms with E-state index in [1.807, 2.05) is 174 Å². The first kappa shape index (κ1) is 59.2. The molecule has 0 unspecified atom stereocenters. The molecule has 4 atom stereocenters. The zero-order valence-electron chi connectivity index (χ0n) is 45.0. The van der Waals surface area contributed by atoms with Crippen molar-refractivity contribution in [2.24, 2.45) is 5.73 Å². The van der Waals surface area contributed by atoms with E-state index in [1.165, 1.54) is 17.7 Å². The number of ether oxygens (including phenoxy) is 2. The number of nitrogens with two attached hydrogens (primary N) is 1. The summed E-state index contributed by atoms with van der Waals surface area (Å²) in [7, 11) is 1.90. The quantitative estimate of drug-likeness (QED) is 0.0881. The van der Waals surface area contributed by atoms with E-state index >= 15 is 0 Å². The fourth-order valence-electron chi connectivity index (χ4n) is 7.79. The zero-order chi connectivity index (χ0) is 54.4. The van der Waals surface area contributed by atoms with Crippen LogP contribution < -0.4 is 26.8 Å². The summed E-state index contributed by atoms with van der Waals surface area (Å²) in [6.45, 7) is 18.9. The molecule has 5 N–H and O–H groups in total. The van der Waals surface area contributed by atoms with Crippen LogP contribution in [0.1, 0.15) is 134 Å². The van der Waals surface area contributed by atoms with Crippen LogP contribution in [0.2, 0.25) is 0 Å². The molecular formula is C61H77FN6O6. The molecule has 2 amide bonds. The maximum atomic E-state index is 13.5. The fraction of sp³-hybridized carbons (Fsp3) is 0.344. The lowest BCUT2D eigenvalue weighted by Gasteiger charge is -2.23. The van der Waals surface area contributed by atoms with Gasteiger partial charge < -0.3 is 35.8 Å². The van der Waals surface area contributed by atoms with E-state index in [2.05, 4.69) is 36.6 Å². The number of rotatable bonds is 13. The van der Waals surface area contributed by atoms with E-state index in [9.17, 15) is 23.9 Å². The number of nitrogens with zero attached hydrogens (tertiary/aromatic N) is 3. The molecule has 0 fully saturated rings. The van der Waals surface area contributed by atoms with Gasteiger partial charge >= 0.3 is 12.2 Å². The van der Waals surface area contributed by atoms with Crippen molar-refractivity contribution in [3.63, 3.8) is 0 Å². The van der Waals surface area contributed by atoms with Crippen molar-refractivity contribution >= 4 is 34.5 Å². The molecule has 7 aromatic rings. The van der Waals surface area contributed by atoms with Crippen molar-refractivity contribution in [3.8, 4) is 0 Å². The standard InChI is InChI=1S/C25H24FN3O.C14H21NO2.C13H19NO3.C9H13N/c1-4-24(18-8-6-5-7-9-18)29-17(2)27-23-15-14-21(16-22(23)25(29)30)28(3)20-12-10-19(26)11-13-20;1-5-12(11-9-7-6-8-10-11)15-13(16)17-14(2,3)4;1-13(2,3)17-12(16)14-11(9-15)10-7-5-4-6-8-10;1-2-9(10)8-6-4-3-5-7-8/h5-16,24H,4H2,1-3H3;6-10,12H,5H2,1-4H3,(H,15,16);4-8,11,15H,9H2,1-3H3,(H,14,16);3-7,9H,2,10H2,1H3/t24-;12-;11-;9-/m1111/s1. The van der Waals surface area contributed by atoms with Crippen molar-refractivity contribution in [1.29, 1.82) is 0 Å². The highest BCUT2D eigenvalue weighted by Crippen LogP contribution is 2.28. The normalized spacial score (nSPS) is 12.6. The molecule has 0 aliphatic heterocycles. The molecule has 6 aromatic carbocycles.